The van der Waals surface area contributed by atoms with Crippen molar-refractivity contribution in [2.75, 3.05) is 0 Å². The van der Waals surface area contributed by atoms with Crippen LogP contribution in [0.15, 0.2) is 0 Å². The van der Waals surface area contributed by atoms with Gasteiger partial charge >= 0.3 is 0 Å². The van der Waals surface area contributed by atoms with Gasteiger partial charge in [-0.25, -0.2) is 0 Å². The molecule has 1 unspecified atom stereocenters. The van der Waals surface area contributed by atoms with Crippen LogP contribution in [0.3, 0.4) is 0 Å². The molecular weight excluding hydrogens is 238 g/mol. The molecular formula is C14H27N5. The van der Waals surface area contributed by atoms with E-state index in [-0.39, 0.29) is 6.04 Å². The molecule has 2 rings (SSSR count). The van der Waals surface area contributed by atoms with E-state index < -0.39 is 0 Å². The summed E-state index contributed by atoms with van der Waals surface area (Å²) in [5.74, 6) is 1.63. The molecule has 0 aliphatic heterocycles. The number of tetrazole rings is 1. The van der Waals surface area contributed by atoms with Crippen LogP contribution in [0.25, 0.3) is 0 Å². The Morgan fingerprint density at radius 3 is 2.53 bits per heavy atom. The highest BCUT2D eigenvalue weighted by atomic mass is 15.5. The van der Waals surface area contributed by atoms with Gasteiger partial charge in [-0.1, -0.05) is 32.4 Å². The van der Waals surface area contributed by atoms with Gasteiger partial charge in [-0.05, 0) is 43.9 Å². The highest BCUT2D eigenvalue weighted by Gasteiger charge is 2.32. The van der Waals surface area contributed by atoms with Crippen LogP contribution in [0.1, 0.15) is 71.7 Å². The van der Waals surface area contributed by atoms with Crippen LogP contribution >= 0.6 is 0 Å². The molecule has 1 heterocycles. The third-order valence-electron chi connectivity index (χ3n) is 4.98. The molecule has 1 aliphatic rings. The van der Waals surface area contributed by atoms with Gasteiger partial charge in [0.05, 0.1) is 6.04 Å². The van der Waals surface area contributed by atoms with E-state index in [1.54, 1.807) is 0 Å². The number of H-pyrrole nitrogens is 1. The van der Waals surface area contributed by atoms with Crippen molar-refractivity contribution in [3.63, 3.8) is 0 Å². The zero-order valence-corrected chi connectivity index (χ0v) is 12.6. The Morgan fingerprint density at radius 1 is 1.32 bits per heavy atom. The van der Waals surface area contributed by atoms with Crippen molar-refractivity contribution >= 4 is 0 Å². The van der Waals surface area contributed by atoms with Crippen molar-refractivity contribution in [2.45, 2.75) is 71.9 Å². The van der Waals surface area contributed by atoms with Gasteiger partial charge in [-0.3, -0.25) is 0 Å². The Morgan fingerprint density at radius 2 is 2.00 bits per heavy atom. The summed E-state index contributed by atoms with van der Waals surface area (Å²) in [6, 6.07) is 0.775. The lowest BCUT2D eigenvalue weighted by Gasteiger charge is -2.39. The van der Waals surface area contributed by atoms with E-state index in [4.69, 9.17) is 0 Å². The van der Waals surface area contributed by atoms with Crippen LogP contribution < -0.4 is 5.32 Å². The van der Waals surface area contributed by atoms with Crippen LogP contribution in [-0.2, 0) is 0 Å². The summed E-state index contributed by atoms with van der Waals surface area (Å²) in [6.07, 6.45) is 6.45. The maximum absolute atomic E-state index is 4.04. The Hall–Kier alpha value is -0.970. The smallest absolute Gasteiger partial charge is 0.191 e. The number of hydrogen-bond acceptors (Lipinski definition) is 4. The van der Waals surface area contributed by atoms with E-state index in [1.165, 1.54) is 32.1 Å². The van der Waals surface area contributed by atoms with Crippen molar-refractivity contribution in [1.82, 2.24) is 25.9 Å². The molecule has 0 radical (unpaired) electrons. The zero-order chi connectivity index (χ0) is 13.9. The number of hydrogen-bond donors (Lipinski definition) is 2. The molecule has 19 heavy (non-hydrogen) atoms. The summed E-state index contributed by atoms with van der Waals surface area (Å²) < 4.78 is 0. The predicted octanol–water partition coefficient (Wildman–Crippen LogP) is 2.85. The van der Waals surface area contributed by atoms with Crippen LogP contribution in [0, 0.1) is 11.3 Å². The monoisotopic (exact) mass is 265 g/mol. The van der Waals surface area contributed by atoms with Gasteiger partial charge < -0.3 is 5.32 Å². The van der Waals surface area contributed by atoms with Gasteiger partial charge in [0.25, 0.3) is 0 Å². The van der Waals surface area contributed by atoms with Crippen molar-refractivity contribution < 1.29 is 0 Å². The number of nitrogens with zero attached hydrogens (tertiary/aromatic N) is 3. The van der Waals surface area contributed by atoms with Gasteiger partial charge in [-0.2, -0.15) is 5.21 Å². The van der Waals surface area contributed by atoms with Gasteiger partial charge in [0.1, 0.15) is 0 Å². The highest BCUT2D eigenvalue weighted by molar-refractivity contribution is 4.90. The molecule has 1 aromatic heterocycles. The Labute approximate surface area is 115 Å². The fourth-order valence-corrected chi connectivity index (χ4v) is 3.11. The Balaban J connectivity index is 1.81. The summed E-state index contributed by atoms with van der Waals surface area (Å²) in [5, 5.41) is 17.8. The number of aromatic nitrogens is 4. The maximum atomic E-state index is 4.04. The number of rotatable bonds is 5. The molecule has 1 saturated carbocycles. The van der Waals surface area contributed by atoms with Gasteiger partial charge in [0.2, 0.25) is 0 Å². The predicted molar refractivity (Wildman–Crippen MR) is 75.5 cm³/mol. The minimum atomic E-state index is 0.180. The van der Waals surface area contributed by atoms with Crippen LogP contribution in [0.4, 0.5) is 0 Å². The third kappa shape index (κ3) is 3.53. The van der Waals surface area contributed by atoms with Crippen LogP contribution in [0.5, 0.6) is 0 Å². The van der Waals surface area contributed by atoms with Crippen molar-refractivity contribution in [1.29, 1.82) is 0 Å². The number of nitrogens with one attached hydrogen (secondary N) is 2. The molecule has 5 heteroatoms. The Kier molecular flexibility index (Phi) is 4.55. The second-order valence-electron chi connectivity index (χ2n) is 6.55. The highest BCUT2D eigenvalue weighted by Crippen LogP contribution is 2.40. The van der Waals surface area contributed by atoms with Gasteiger partial charge in [0, 0.05) is 6.04 Å². The molecule has 2 N–H and O–H groups in total. The standard InChI is InChI=1S/C14H27N5/c1-5-14(3,4)11-6-8-12(9-7-11)15-10(2)13-16-18-19-17-13/h10-12,15H,5-9H2,1-4H3,(H,16,17,18,19). The molecule has 1 aliphatic carbocycles. The average Bonchev–Trinajstić information content (AvgIpc) is 2.93. The minimum absolute atomic E-state index is 0.180. The van der Waals surface area contributed by atoms with Crippen molar-refractivity contribution in [2.24, 2.45) is 11.3 Å². The summed E-state index contributed by atoms with van der Waals surface area (Å²) in [5.41, 5.74) is 0.490. The molecule has 5 nitrogen and oxygen atoms in total. The lowest BCUT2D eigenvalue weighted by Crippen LogP contribution is -2.38. The molecule has 0 bridgehead atoms. The van der Waals surface area contributed by atoms with Gasteiger partial charge in [0.15, 0.2) is 5.82 Å². The lowest BCUT2D eigenvalue weighted by molar-refractivity contribution is 0.134. The first kappa shape index (κ1) is 14.4. The van der Waals surface area contributed by atoms with E-state index in [9.17, 15) is 0 Å². The second kappa shape index (κ2) is 5.99. The van der Waals surface area contributed by atoms with E-state index in [2.05, 4.69) is 53.6 Å². The van der Waals surface area contributed by atoms with Crippen molar-refractivity contribution in [3.05, 3.63) is 5.82 Å². The molecule has 108 valence electrons. The topological polar surface area (TPSA) is 66.5 Å². The normalized spacial score (nSPS) is 26.3. The molecule has 0 spiro atoms. The SMILES string of the molecule is CCC(C)(C)C1CCC(NC(C)c2nn[nH]n2)CC1. The summed E-state index contributed by atoms with van der Waals surface area (Å²) in [4.78, 5) is 0. The first-order chi connectivity index (χ1) is 9.03. The third-order valence-corrected chi connectivity index (χ3v) is 4.98. The fraction of sp³-hybridized carbons (Fsp3) is 0.929. The largest absolute Gasteiger partial charge is 0.305 e. The lowest BCUT2D eigenvalue weighted by atomic mass is 9.69. The van der Waals surface area contributed by atoms with E-state index in [1.807, 2.05) is 0 Å². The van der Waals surface area contributed by atoms with E-state index in [0.29, 0.717) is 11.5 Å². The van der Waals surface area contributed by atoms with Gasteiger partial charge in [-0.15, -0.1) is 10.2 Å². The quantitative estimate of drug-likeness (QED) is 0.859. The molecule has 0 aromatic carbocycles. The summed E-state index contributed by atoms with van der Waals surface area (Å²) in [6.45, 7) is 9.23. The summed E-state index contributed by atoms with van der Waals surface area (Å²) in [7, 11) is 0. The first-order valence-electron chi connectivity index (χ1n) is 7.52. The molecule has 0 saturated heterocycles. The average molecular weight is 265 g/mol. The zero-order valence-electron chi connectivity index (χ0n) is 12.6. The summed E-state index contributed by atoms with van der Waals surface area (Å²) >= 11 is 0. The fourth-order valence-electron chi connectivity index (χ4n) is 3.11. The maximum Gasteiger partial charge on any atom is 0.191 e. The van der Waals surface area contributed by atoms with E-state index >= 15 is 0 Å². The van der Waals surface area contributed by atoms with Crippen molar-refractivity contribution in [3.8, 4) is 0 Å². The molecule has 1 fully saturated rings. The molecule has 1 aromatic rings. The minimum Gasteiger partial charge on any atom is -0.305 e. The Bertz CT molecular complexity index is 365. The first-order valence-corrected chi connectivity index (χ1v) is 7.52. The van der Waals surface area contributed by atoms with Crippen LogP contribution in [0.2, 0.25) is 0 Å². The molecule has 1 atom stereocenters. The second-order valence-corrected chi connectivity index (χ2v) is 6.55. The van der Waals surface area contributed by atoms with Crippen LogP contribution in [-0.4, -0.2) is 26.7 Å². The van der Waals surface area contributed by atoms with E-state index in [0.717, 1.165) is 11.7 Å². The molecule has 0 amide bonds. The number of aromatic amines is 1.